The molecule has 1 unspecified atom stereocenters. The second-order valence-corrected chi connectivity index (χ2v) is 7.05. The van der Waals surface area contributed by atoms with E-state index in [2.05, 4.69) is 15.9 Å². The van der Waals surface area contributed by atoms with Gasteiger partial charge in [0.05, 0.1) is 5.02 Å². The summed E-state index contributed by atoms with van der Waals surface area (Å²) >= 11 is 8.59. The first-order valence-electron chi connectivity index (χ1n) is 3.98. The van der Waals surface area contributed by atoms with Crippen LogP contribution in [0.3, 0.4) is 0 Å². The Kier molecular flexibility index (Phi) is 4.39. The van der Waals surface area contributed by atoms with Gasteiger partial charge in [-0.05, 0) is 33.6 Å². The molecule has 17 heavy (non-hydrogen) atoms. The van der Waals surface area contributed by atoms with Crippen LogP contribution in [0.15, 0.2) is 22.7 Å². The highest BCUT2D eigenvalue weighted by atomic mass is 79.9. The van der Waals surface area contributed by atoms with Gasteiger partial charge in [-0.1, -0.05) is 17.7 Å². The molecule has 2 nitrogen and oxygen atoms in total. The van der Waals surface area contributed by atoms with Crippen molar-refractivity contribution in [2.45, 2.75) is 11.4 Å². The number of alkyl halides is 3. The largest absolute Gasteiger partial charge is 0.410 e. The Hall–Kier alpha value is 0.0200. The number of rotatable bonds is 2. The smallest absolute Gasteiger partial charge is 0.211 e. The van der Waals surface area contributed by atoms with Crippen molar-refractivity contribution in [1.82, 2.24) is 0 Å². The van der Waals surface area contributed by atoms with Gasteiger partial charge in [0.1, 0.15) is 0 Å². The Balaban J connectivity index is 3.39. The number of halogens is 6. The van der Waals surface area contributed by atoms with Gasteiger partial charge in [-0.15, -0.1) is 0 Å². The predicted octanol–water partition coefficient (Wildman–Crippen LogP) is 4.27. The standard InChI is InChI=1S/C8H4BrCl2F3O2S/c9-5-2-1-4(3-6(5)10)7(8(12,13)14)17(11,15)16/h1-3,7H. The highest BCUT2D eigenvalue weighted by Gasteiger charge is 2.49. The lowest BCUT2D eigenvalue weighted by atomic mass is 10.1. The molecule has 1 atom stereocenters. The van der Waals surface area contributed by atoms with Crippen molar-refractivity contribution >= 4 is 47.3 Å². The van der Waals surface area contributed by atoms with Gasteiger partial charge < -0.3 is 0 Å². The molecule has 0 aromatic heterocycles. The zero-order chi connectivity index (χ0) is 13.4. The normalized spacial score (nSPS) is 14.7. The van der Waals surface area contributed by atoms with E-state index < -0.39 is 26.0 Å². The van der Waals surface area contributed by atoms with Crippen LogP contribution in [0.5, 0.6) is 0 Å². The lowest BCUT2D eigenvalue weighted by molar-refractivity contribution is -0.131. The third-order valence-electron chi connectivity index (χ3n) is 1.83. The van der Waals surface area contributed by atoms with E-state index >= 15 is 0 Å². The summed E-state index contributed by atoms with van der Waals surface area (Å²) in [7, 11) is -0.0241. The topological polar surface area (TPSA) is 34.1 Å². The van der Waals surface area contributed by atoms with Gasteiger partial charge in [-0.2, -0.15) is 13.2 Å². The monoisotopic (exact) mass is 370 g/mol. The third kappa shape index (κ3) is 3.74. The Morgan fingerprint density at radius 3 is 2.18 bits per heavy atom. The zero-order valence-electron chi connectivity index (χ0n) is 7.80. The Morgan fingerprint density at radius 1 is 1.29 bits per heavy atom. The lowest BCUT2D eigenvalue weighted by Gasteiger charge is -2.17. The molecule has 9 heteroatoms. The van der Waals surface area contributed by atoms with E-state index in [9.17, 15) is 21.6 Å². The van der Waals surface area contributed by atoms with Gasteiger partial charge in [0.25, 0.3) is 0 Å². The molecule has 96 valence electrons. The molecule has 0 fully saturated rings. The summed E-state index contributed by atoms with van der Waals surface area (Å²) in [6.07, 6.45) is -5.00. The summed E-state index contributed by atoms with van der Waals surface area (Å²) in [5.74, 6) is 0. The van der Waals surface area contributed by atoms with Crippen LogP contribution >= 0.6 is 38.2 Å². The first-order chi connectivity index (χ1) is 7.53. The van der Waals surface area contributed by atoms with Crippen LogP contribution in [-0.2, 0) is 9.05 Å². The summed E-state index contributed by atoms with van der Waals surface area (Å²) in [6.45, 7) is 0. The van der Waals surface area contributed by atoms with Crippen molar-refractivity contribution in [2.24, 2.45) is 0 Å². The van der Waals surface area contributed by atoms with E-state index in [0.29, 0.717) is 4.47 Å². The van der Waals surface area contributed by atoms with E-state index in [4.69, 9.17) is 22.3 Å². The molecule has 0 saturated carbocycles. The summed E-state index contributed by atoms with van der Waals surface area (Å²) in [5, 5.41) is -2.82. The van der Waals surface area contributed by atoms with E-state index in [0.717, 1.165) is 12.1 Å². The lowest BCUT2D eigenvalue weighted by Crippen LogP contribution is -2.25. The molecule has 0 aliphatic heterocycles. The fourth-order valence-electron chi connectivity index (χ4n) is 1.19. The summed E-state index contributed by atoms with van der Waals surface area (Å²) in [4.78, 5) is 0. The Bertz CT molecular complexity index is 530. The van der Waals surface area contributed by atoms with Gasteiger partial charge in [0.2, 0.25) is 9.05 Å². The van der Waals surface area contributed by atoms with Crippen molar-refractivity contribution in [2.75, 3.05) is 0 Å². The van der Waals surface area contributed by atoms with Crippen LogP contribution in [-0.4, -0.2) is 14.6 Å². The maximum absolute atomic E-state index is 12.6. The fraction of sp³-hybridized carbons (Fsp3) is 0.250. The average molecular weight is 372 g/mol. The van der Waals surface area contributed by atoms with Crippen molar-refractivity contribution in [1.29, 1.82) is 0 Å². The van der Waals surface area contributed by atoms with Crippen molar-refractivity contribution in [3.63, 3.8) is 0 Å². The SMILES string of the molecule is O=S(=O)(Cl)C(c1ccc(Br)c(Cl)c1)C(F)(F)F. The van der Waals surface area contributed by atoms with Crippen molar-refractivity contribution in [3.05, 3.63) is 33.3 Å². The van der Waals surface area contributed by atoms with Gasteiger partial charge in [0.15, 0.2) is 5.25 Å². The molecule has 0 amide bonds. The molecule has 0 aliphatic carbocycles. The molecular weight excluding hydrogens is 368 g/mol. The molecule has 0 radical (unpaired) electrons. The minimum absolute atomic E-state index is 0.0305. The minimum Gasteiger partial charge on any atom is -0.211 e. The van der Waals surface area contributed by atoms with Crippen LogP contribution in [0.2, 0.25) is 5.02 Å². The van der Waals surface area contributed by atoms with Gasteiger partial charge >= 0.3 is 6.18 Å². The third-order valence-corrected chi connectivity index (χ3v) is 4.69. The first kappa shape index (κ1) is 15.1. The maximum atomic E-state index is 12.6. The van der Waals surface area contributed by atoms with E-state index in [-0.39, 0.29) is 5.02 Å². The molecule has 0 aliphatic rings. The van der Waals surface area contributed by atoms with E-state index in [1.54, 1.807) is 0 Å². The zero-order valence-corrected chi connectivity index (χ0v) is 11.7. The second-order valence-electron chi connectivity index (χ2n) is 3.07. The number of hydrogen-bond acceptors (Lipinski definition) is 2. The molecule has 1 rings (SSSR count). The van der Waals surface area contributed by atoms with Gasteiger partial charge in [0, 0.05) is 15.2 Å². The molecule has 0 N–H and O–H groups in total. The quantitative estimate of drug-likeness (QED) is 0.727. The Labute approximate surface area is 113 Å². The van der Waals surface area contributed by atoms with Gasteiger partial charge in [-0.25, -0.2) is 8.42 Å². The molecule has 0 spiro atoms. The summed E-state index contributed by atoms with van der Waals surface area (Å²) in [5.41, 5.74) is -0.527. The van der Waals surface area contributed by atoms with Crippen LogP contribution in [0.25, 0.3) is 0 Å². The molecule has 0 bridgehead atoms. The highest BCUT2D eigenvalue weighted by Crippen LogP contribution is 2.42. The van der Waals surface area contributed by atoms with Crippen LogP contribution < -0.4 is 0 Å². The van der Waals surface area contributed by atoms with E-state index in [1.165, 1.54) is 6.07 Å². The van der Waals surface area contributed by atoms with Crippen LogP contribution in [0.4, 0.5) is 13.2 Å². The molecular formula is C8H4BrCl2F3O2S. The fourth-order valence-corrected chi connectivity index (χ4v) is 3.02. The highest BCUT2D eigenvalue weighted by molar-refractivity contribution is 9.10. The summed E-state index contributed by atoms with van der Waals surface area (Å²) < 4.78 is 60.1. The van der Waals surface area contributed by atoms with Crippen LogP contribution in [0.1, 0.15) is 10.8 Å². The first-order valence-corrected chi connectivity index (χ1v) is 7.53. The maximum Gasteiger partial charge on any atom is 0.410 e. The molecule has 1 aromatic rings. The Morgan fingerprint density at radius 2 is 1.82 bits per heavy atom. The molecule has 1 aromatic carbocycles. The molecule has 0 saturated heterocycles. The second kappa shape index (κ2) is 4.95. The minimum atomic E-state index is -5.00. The number of hydrogen-bond donors (Lipinski definition) is 0. The average Bonchev–Trinajstić information content (AvgIpc) is 2.06. The molecule has 0 heterocycles. The van der Waals surface area contributed by atoms with Crippen molar-refractivity contribution in [3.8, 4) is 0 Å². The van der Waals surface area contributed by atoms with E-state index in [1.807, 2.05) is 0 Å². The van der Waals surface area contributed by atoms with Gasteiger partial charge in [-0.3, -0.25) is 0 Å². The van der Waals surface area contributed by atoms with Crippen LogP contribution in [0, 0.1) is 0 Å². The predicted molar refractivity (Wildman–Crippen MR) is 62.7 cm³/mol. The van der Waals surface area contributed by atoms with Crippen molar-refractivity contribution < 1.29 is 21.6 Å². The summed E-state index contributed by atoms with van der Waals surface area (Å²) in [6, 6.07) is 3.12. The number of benzene rings is 1.